The quantitative estimate of drug-likeness (QED) is 0.394. The number of sulfonamides is 2. The van der Waals surface area contributed by atoms with E-state index in [2.05, 4.69) is 4.74 Å². The summed E-state index contributed by atoms with van der Waals surface area (Å²) < 4.78 is 82.5. The lowest BCUT2D eigenvalue weighted by molar-refractivity contribution is -0.161. The highest BCUT2D eigenvalue weighted by Gasteiger charge is 2.56. The first-order valence-corrected chi connectivity index (χ1v) is 14.4. The smallest absolute Gasteiger partial charge is 0.455 e. The number of hydrogen-bond acceptors (Lipinski definition) is 6. The molecule has 3 rings (SSSR count). The molecule has 2 unspecified atom stereocenters. The van der Waals surface area contributed by atoms with Crippen LogP contribution in [0.2, 0.25) is 0 Å². The Bertz CT molecular complexity index is 828. The van der Waals surface area contributed by atoms with Gasteiger partial charge in [-0.1, -0.05) is 38.5 Å². The molecule has 31 heavy (non-hydrogen) atoms. The molecule has 0 amide bonds. The molecule has 0 saturated heterocycles. The van der Waals surface area contributed by atoms with E-state index in [9.17, 15) is 30.4 Å². The molecule has 0 radical (unpaired) electrons. The van der Waals surface area contributed by atoms with Gasteiger partial charge in [0.15, 0.2) is 0 Å². The first kappa shape index (κ1) is 24.8. The topological polar surface area (TPSA) is 107 Å². The van der Waals surface area contributed by atoms with Gasteiger partial charge in [-0.2, -0.15) is 8.78 Å². The van der Waals surface area contributed by atoms with E-state index in [1.807, 2.05) is 0 Å². The van der Waals surface area contributed by atoms with Crippen molar-refractivity contribution in [1.82, 2.24) is 4.13 Å². The lowest BCUT2D eigenvalue weighted by Crippen LogP contribution is -2.50. The molecule has 1 N–H and O–H groups in total. The number of rotatable bonds is 9. The summed E-state index contributed by atoms with van der Waals surface area (Å²) in [7, 11) is -10.3. The largest absolute Gasteiger partial charge is 0.460 e. The van der Waals surface area contributed by atoms with Crippen LogP contribution in [-0.2, 0) is 29.6 Å². The van der Waals surface area contributed by atoms with Crippen LogP contribution in [0.4, 0.5) is 8.78 Å². The Morgan fingerprint density at radius 3 is 2.13 bits per heavy atom. The van der Waals surface area contributed by atoms with Gasteiger partial charge in [-0.3, -0.25) is 0 Å². The molecule has 11 heteroatoms. The third-order valence-electron chi connectivity index (χ3n) is 7.01. The minimum absolute atomic E-state index is 0.198. The Hall–Kier alpha value is -0.810. The molecule has 3 aliphatic carbocycles. The summed E-state index contributed by atoms with van der Waals surface area (Å²) >= 11 is 0. The van der Waals surface area contributed by atoms with Crippen LogP contribution in [0.25, 0.3) is 0 Å². The van der Waals surface area contributed by atoms with Crippen LogP contribution in [0.1, 0.15) is 83.5 Å². The Morgan fingerprint density at radius 1 is 0.903 bits per heavy atom. The van der Waals surface area contributed by atoms with Crippen LogP contribution >= 0.6 is 0 Å². The maximum absolute atomic E-state index is 14.2. The van der Waals surface area contributed by atoms with E-state index in [0.717, 1.165) is 41.6 Å². The van der Waals surface area contributed by atoms with Crippen LogP contribution < -0.4 is 4.13 Å². The van der Waals surface area contributed by atoms with Crippen molar-refractivity contribution < 1.29 is 35.1 Å². The zero-order chi connectivity index (χ0) is 22.7. The molecule has 0 aromatic heterocycles. The minimum atomic E-state index is -5.78. The summed E-state index contributed by atoms with van der Waals surface area (Å²) in [5.74, 6) is -0.299. The average molecular weight is 486 g/mol. The average Bonchev–Trinajstić information content (AvgIpc) is 2.70. The fourth-order valence-corrected chi connectivity index (χ4v) is 8.90. The number of hydrogen-bond donors (Lipinski definition) is 1. The van der Waals surface area contributed by atoms with Gasteiger partial charge in [-0.05, 0) is 62.7 Å². The van der Waals surface area contributed by atoms with Gasteiger partial charge in [0.1, 0.15) is 0 Å². The Labute approximate surface area is 183 Å². The molecule has 3 saturated carbocycles. The SMILES string of the molecule is O=C(OCCCC1CC2CCCC(C1)C2)C(F)(F)S(=O)(=O)NS(=O)(=O)C1CCCCC1. The summed E-state index contributed by atoms with van der Waals surface area (Å²) in [5, 5.41) is -6.03. The van der Waals surface area contributed by atoms with Crippen molar-refractivity contribution in [2.45, 2.75) is 94.0 Å². The summed E-state index contributed by atoms with van der Waals surface area (Å²) in [4.78, 5) is 11.8. The van der Waals surface area contributed by atoms with Crippen LogP contribution in [0, 0.1) is 17.8 Å². The summed E-state index contributed by atoms with van der Waals surface area (Å²) in [5.41, 5.74) is 0. The Morgan fingerprint density at radius 2 is 1.52 bits per heavy atom. The van der Waals surface area contributed by atoms with Crippen LogP contribution in [0.5, 0.6) is 0 Å². The molecule has 7 nitrogen and oxygen atoms in total. The molecule has 2 bridgehead atoms. The summed E-state index contributed by atoms with van der Waals surface area (Å²) in [6.45, 7) is -0.314. The molecule has 3 fully saturated rings. The highest BCUT2D eigenvalue weighted by Crippen LogP contribution is 2.43. The molecule has 180 valence electrons. The molecular weight excluding hydrogens is 452 g/mol. The molecule has 0 aromatic rings. The Balaban J connectivity index is 1.47. The van der Waals surface area contributed by atoms with E-state index in [4.69, 9.17) is 0 Å². The van der Waals surface area contributed by atoms with Crippen LogP contribution in [0.3, 0.4) is 0 Å². The number of ether oxygens (including phenoxy) is 1. The maximum atomic E-state index is 14.2. The lowest BCUT2D eigenvalue weighted by Gasteiger charge is -2.39. The summed E-state index contributed by atoms with van der Waals surface area (Å²) in [6, 6.07) is 0. The highest BCUT2D eigenvalue weighted by molar-refractivity contribution is 8.05. The fourth-order valence-electron chi connectivity index (χ4n) is 5.48. The van der Waals surface area contributed by atoms with Gasteiger partial charge < -0.3 is 4.74 Å². The first-order chi connectivity index (χ1) is 14.5. The van der Waals surface area contributed by atoms with Crippen molar-refractivity contribution in [2.75, 3.05) is 6.61 Å². The normalized spacial score (nSPS) is 28.3. The summed E-state index contributed by atoms with van der Waals surface area (Å²) in [6.07, 6.45) is 10.7. The molecule has 0 spiro atoms. The second kappa shape index (κ2) is 9.99. The predicted molar refractivity (Wildman–Crippen MR) is 111 cm³/mol. The standard InChI is InChI=1S/C20H33F2NO6S2/c21-20(22,31(27,28)23-30(25,26)18-9-2-1-3-10-18)19(24)29-11-5-8-17-13-15-6-4-7-16(12-15)14-17/h15-18,23H,1-14H2. The number of alkyl halides is 2. The predicted octanol–water partition coefficient (Wildman–Crippen LogP) is 3.70. The van der Waals surface area contributed by atoms with E-state index >= 15 is 0 Å². The molecule has 2 atom stereocenters. The second-order valence-electron chi connectivity index (χ2n) is 9.42. The third-order valence-corrected chi connectivity index (χ3v) is 11.0. The van der Waals surface area contributed by atoms with E-state index < -0.39 is 36.5 Å². The molecule has 0 aromatic carbocycles. The van der Waals surface area contributed by atoms with Crippen molar-refractivity contribution >= 4 is 26.0 Å². The molecular formula is C20H33F2NO6S2. The van der Waals surface area contributed by atoms with Crippen molar-refractivity contribution in [1.29, 1.82) is 0 Å². The van der Waals surface area contributed by atoms with Crippen molar-refractivity contribution in [3.63, 3.8) is 0 Å². The number of carbonyl (C=O) groups excluding carboxylic acids is 1. The number of halogens is 2. The third kappa shape index (κ3) is 6.16. The van der Waals surface area contributed by atoms with Gasteiger partial charge in [0.25, 0.3) is 0 Å². The van der Waals surface area contributed by atoms with Crippen molar-refractivity contribution in [3.05, 3.63) is 0 Å². The number of carbonyl (C=O) groups is 1. The number of fused-ring (bicyclic) bond motifs is 2. The van der Waals surface area contributed by atoms with E-state index in [0.29, 0.717) is 25.2 Å². The molecule has 0 heterocycles. The lowest BCUT2D eigenvalue weighted by atomic mass is 9.67. The second-order valence-corrected chi connectivity index (χ2v) is 13.4. The molecule has 0 aliphatic heterocycles. The number of nitrogens with one attached hydrogen (secondary N) is 1. The zero-order valence-electron chi connectivity index (χ0n) is 17.7. The van der Waals surface area contributed by atoms with Crippen molar-refractivity contribution in [2.24, 2.45) is 17.8 Å². The van der Waals surface area contributed by atoms with E-state index in [1.165, 1.54) is 25.7 Å². The van der Waals surface area contributed by atoms with Crippen LogP contribution in [-0.4, -0.2) is 39.9 Å². The number of esters is 1. The van der Waals surface area contributed by atoms with E-state index in [-0.39, 0.29) is 19.4 Å². The first-order valence-electron chi connectivity index (χ1n) is 11.3. The van der Waals surface area contributed by atoms with Gasteiger partial charge in [0, 0.05) is 0 Å². The van der Waals surface area contributed by atoms with Gasteiger partial charge in [0.2, 0.25) is 10.0 Å². The minimum Gasteiger partial charge on any atom is -0.460 e. The van der Waals surface area contributed by atoms with Gasteiger partial charge in [-0.25, -0.2) is 21.6 Å². The van der Waals surface area contributed by atoms with Crippen molar-refractivity contribution in [3.8, 4) is 0 Å². The maximum Gasteiger partial charge on any atom is 0.455 e. The van der Waals surface area contributed by atoms with Gasteiger partial charge in [-0.15, -0.1) is 4.13 Å². The Kier molecular flexibility index (Phi) is 8.00. The van der Waals surface area contributed by atoms with E-state index in [1.54, 1.807) is 0 Å². The molecule has 3 aliphatic rings. The van der Waals surface area contributed by atoms with Gasteiger partial charge >= 0.3 is 21.2 Å². The van der Waals surface area contributed by atoms with Gasteiger partial charge in [0.05, 0.1) is 11.9 Å². The fraction of sp³-hybridized carbons (Fsp3) is 0.950. The monoisotopic (exact) mass is 485 g/mol. The van der Waals surface area contributed by atoms with Crippen LogP contribution in [0.15, 0.2) is 0 Å². The highest BCUT2D eigenvalue weighted by atomic mass is 32.3. The zero-order valence-corrected chi connectivity index (χ0v) is 19.4.